The van der Waals surface area contributed by atoms with Gasteiger partial charge in [0.15, 0.2) is 0 Å². The maximum atomic E-state index is 2.19. The molecule has 0 aromatic heterocycles. The van der Waals surface area contributed by atoms with Gasteiger partial charge in [0.1, 0.15) is 0 Å². The van der Waals surface area contributed by atoms with E-state index in [0.29, 0.717) is 0 Å². The van der Waals surface area contributed by atoms with Crippen molar-refractivity contribution in [2.75, 3.05) is 0 Å². The molecule has 1 aromatic rings. The quantitative estimate of drug-likeness (QED) is 0.533. The molecule has 11 heavy (non-hydrogen) atoms. The van der Waals surface area contributed by atoms with Crippen molar-refractivity contribution in [3.8, 4) is 0 Å². The summed E-state index contributed by atoms with van der Waals surface area (Å²) < 4.78 is 1.31. The summed E-state index contributed by atoms with van der Waals surface area (Å²) in [6.45, 7) is 0. The molecule has 0 N–H and O–H groups in total. The average molecular weight is 179 g/mol. The van der Waals surface area contributed by atoms with Gasteiger partial charge in [-0.2, -0.15) is 0 Å². The first kappa shape index (κ1) is 11.3. The van der Waals surface area contributed by atoms with Gasteiger partial charge in [0.25, 0.3) is 0 Å². The molecule has 0 spiro atoms. The van der Waals surface area contributed by atoms with Gasteiger partial charge in [0, 0.05) is 0 Å². The Kier molecular flexibility index (Phi) is 7.13. The first-order valence-corrected chi connectivity index (χ1v) is 4.76. The Hall–Kier alpha value is 0.276. The Morgan fingerprint density at radius 2 is 1.73 bits per heavy atom. The van der Waals surface area contributed by atoms with E-state index in [1.54, 1.807) is 0 Å². The first-order valence-electron chi connectivity index (χ1n) is 3.76. The molecule has 0 aliphatic rings. The molecule has 1 rings (SSSR count). The van der Waals surface area contributed by atoms with E-state index in [2.05, 4.69) is 52.0 Å². The van der Waals surface area contributed by atoms with Crippen molar-refractivity contribution in [1.82, 2.24) is 0 Å². The topological polar surface area (TPSA) is 0 Å². The van der Waals surface area contributed by atoms with Crippen molar-refractivity contribution in [3.63, 3.8) is 0 Å². The molecule has 0 nitrogen and oxygen atoms in total. The Morgan fingerprint density at radius 3 is 2.27 bits per heavy atom. The fourth-order valence-corrected chi connectivity index (χ4v) is 1.22. The molecule has 0 aliphatic heterocycles. The molecule has 0 saturated carbocycles. The van der Waals surface area contributed by atoms with Crippen LogP contribution in [0.3, 0.4) is 0 Å². The number of rotatable bonds is 3. The summed E-state index contributed by atoms with van der Waals surface area (Å²) in [5, 5.41) is 0. The van der Waals surface area contributed by atoms with Crippen LogP contribution in [0.2, 0.25) is 4.55 Å². The monoisotopic (exact) mass is 178 g/mol. The van der Waals surface area contributed by atoms with Gasteiger partial charge in [0.2, 0.25) is 0 Å². The fraction of sp³-hybridized carbons (Fsp3) is 0.333. The van der Waals surface area contributed by atoms with Gasteiger partial charge in [-0.1, -0.05) is 0 Å². The number of halogens is 1. The zero-order chi connectivity index (χ0) is 7.23. The second kappa shape index (κ2) is 6.95. The molecule has 0 aliphatic carbocycles. The van der Waals surface area contributed by atoms with E-state index in [-0.39, 0.29) is 12.4 Å². The zero-order valence-electron chi connectivity index (χ0n) is 6.59. The summed E-state index contributed by atoms with van der Waals surface area (Å²) >= 11 is 2.05. The van der Waals surface area contributed by atoms with Crippen LogP contribution in [0, 0.1) is 0 Å². The molecular formula is C9H11ClMg. The van der Waals surface area contributed by atoms with Crippen LogP contribution < -0.4 is 12.4 Å². The van der Waals surface area contributed by atoms with E-state index in [0.717, 1.165) is 0 Å². The first-order chi connectivity index (χ1) is 4.93. The number of hydrogen-bond acceptors (Lipinski definition) is 0. The van der Waals surface area contributed by atoms with Gasteiger partial charge in [-0.3, -0.25) is 0 Å². The van der Waals surface area contributed by atoms with Gasteiger partial charge in [-0.05, 0) is 0 Å². The van der Waals surface area contributed by atoms with Crippen molar-refractivity contribution >= 4 is 21.7 Å². The van der Waals surface area contributed by atoms with E-state index < -0.39 is 0 Å². The third kappa shape index (κ3) is 4.67. The van der Waals surface area contributed by atoms with E-state index >= 15 is 0 Å². The van der Waals surface area contributed by atoms with Crippen LogP contribution in [0.1, 0.15) is 12.0 Å². The van der Waals surface area contributed by atoms with E-state index in [4.69, 9.17) is 0 Å². The summed E-state index contributed by atoms with van der Waals surface area (Å²) in [6, 6.07) is 10.7. The Bertz CT molecular complexity index is 174. The summed E-state index contributed by atoms with van der Waals surface area (Å²) in [6.07, 6.45) is 2.56. The Labute approximate surface area is 87.2 Å². The van der Waals surface area contributed by atoms with Crippen LogP contribution in [0.15, 0.2) is 30.3 Å². The van der Waals surface area contributed by atoms with Crippen LogP contribution in [0.25, 0.3) is 0 Å². The zero-order valence-corrected chi connectivity index (χ0v) is 8.76. The van der Waals surface area contributed by atoms with Gasteiger partial charge in [0.05, 0.1) is 0 Å². The third-order valence-electron chi connectivity index (χ3n) is 1.56. The van der Waals surface area contributed by atoms with E-state index in [9.17, 15) is 0 Å². The molecule has 0 saturated heterocycles. The molecule has 0 bridgehead atoms. The van der Waals surface area contributed by atoms with Crippen LogP contribution in [-0.2, 0) is 6.42 Å². The van der Waals surface area contributed by atoms with Gasteiger partial charge >= 0.3 is 75.0 Å². The molecule has 56 valence electrons. The second-order valence-electron chi connectivity index (χ2n) is 2.44. The fourth-order valence-electron chi connectivity index (χ4n) is 0.974. The summed E-state index contributed by atoms with van der Waals surface area (Å²) in [5.74, 6) is 0. The van der Waals surface area contributed by atoms with Crippen molar-refractivity contribution in [1.29, 1.82) is 0 Å². The van der Waals surface area contributed by atoms with Crippen LogP contribution in [-0.4, -0.2) is 21.7 Å². The minimum atomic E-state index is 0. The summed E-state index contributed by atoms with van der Waals surface area (Å²) in [5.41, 5.74) is 1.47. The van der Waals surface area contributed by atoms with Crippen LogP contribution >= 0.6 is 0 Å². The number of benzene rings is 1. The Balaban J connectivity index is 0.000001000. The molecule has 0 atom stereocenters. The average Bonchev–Trinajstić information content (AvgIpc) is 2.03. The third-order valence-corrected chi connectivity index (χ3v) is 2.06. The van der Waals surface area contributed by atoms with E-state index in [1.807, 2.05) is 0 Å². The minimum absolute atomic E-state index is 0. The van der Waals surface area contributed by atoms with Gasteiger partial charge in [-0.25, -0.2) is 0 Å². The van der Waals surface area contributed by atoms with Crippen molar-refractivity contribution in [2.24, 2.45) is 0 Å². The molecular weight excluding hydrogens is 168 g/mol. The van der Waals surface area contributed by atoms with Crippen LogP contribution in [0.4, 0.5) is 0 Å². The molecule has 2 heteroatoms. The molecule has 1 aromatic carbocycles. The van der Waals surface area contributed by atoms with Crippen molar-refractivity contribution in [2.45, 2.75) is 17.4 Å². The normalized spacial score (nSPS) is 8.91. The number of aryl methyl sites for hydroxylation is 1. The van der Waals surface area contributed by atoms with E-state index in [1.165, 1.54) is 23.0 Å². The molecule has 0 fully saturated rings. The van der Waals surface area contributed by atoms with Crippen molar-refractivity contribution in [3.05, 3.63) is 35.9 Å². The predicted octanol–water partition coefficient (Wildman–Crippen LogP) is -0.790. The molecule has 0 amide bonds. The standard InChI is InChI=1S/C9H11.ClH.Mg/c1-2-6-9-7-4-3-5-8-9;;/h3-5,7-8H,1-2,6H2;1H;/q;;+1/p-1. The summed E-state index contributed by atoms with van der Waals surface area (Å²) in [4.78, 5) is 0. The molecule has 0 unspecified atom stereocenters. The maximum absolute atomic E-state index is 2.19. The van der Waals surface area contributed by atoms with Gasteiger partial charge < -0.3 is 12.4 Å². The summed E-state index contributed by atoms with van der Waals surface area (Å²) in [7, 11) is 0. The second-order valence-corrected chi connectivity index (χ2v) is 3.15. The predicted molar refractivity (Wildman–Crippen MR) is 45.3 cm³/mol. The van der Waals surface area contributed by atoms with Crippen molar-refractivity contribution < 1.29 is 12.4 Å². The Morgan fingerprint density at radius 1 is 1.09 bits per heavy atom. The SMILES string of the molecule is [Cl-].[Mg+][CH2]CCc1ccccc1. The molecule has 0 heterocycles. The van der Waals surface area contributed by atoms with Gasteiger partial charge in [-0.15, -0.1) is 0 Å². The molecule has 0 radical (unpaired) electrons. The number of hydrogen-bond donors (Lipinski definition) is 0. The van der Waals surface area contributed by atoms with Crippen LogP contribution in [0.5, 0.6) is 0 Å².